The number of benzene rings is 1. The van der Waals surface area contributed by atoms with Gasteiger partial charge in [0, 0.05) is 17.2 Å². The molecule has 2 atom stereocenters. The zero-order chi connectivity index (χ0) is 23.2. The summed E-state index contributed by atoms with van der Waals surface area (Å²) in [5, 5.41) is 22.9. The Morgan fingerprint density at radius 2 is 2.03 bits per heavy atom. The van der Waals surface area contributed by atoms with E-state index in [1.54, 1.807) is 11.3 Å². The maximum Gasteiger partial charge on any atom is 0.243 e. The predicted molar refractivity (Wildman–Crippen MR) is 124 cm³/mol. The first-order valence-corrected chi connectivity index (χ1v) is 11.7. The van der Waals surface area contributed by atoms with Gasteiger partial charge < -0.3 is 25.1 Å². The lowest BCUT2D eigenvalue weighted by atomic mass is 10.3. The fraction of sp³-hybridized carbons (Fsp3) is 0.417. The SMILES string of the molecule is CC(O)C(=O)[O-].CCCCOC(Cn1cc[n+](CCNc2ccccc2)c1)c1cccs1. The number of aromatic nitrogens is 2. The van der Waals surface area contributed by atoms with E-state index in [1.165, 1.54) is 4.88 Å². The summed E-state index contributed by atoms with van der Waals surface area (Å²) < 4.78 is 10.6. The van der Waals surface area contributed by atoms with E-state index in [2.05, 4.69) is 81.9 Å². The number of carbonyl (C=O) groups excluding carboxylic acids is 1. The minimum atomic E-state index is -1.44. The molecule has 0 aliphatic heterocycles. The lowest BCUT2D eigenvalue weighted by Gasteiger charge is -2.14. The van der Waals surface area contributed by atoms with Crippen molar-refractivity contribution in [2.75, 3.05) is 18.5 Å². The van der Waals surface area contributed by atoms with Gasteiger partial charge in [-0.3, -0.25) is 0 Å². The average molecular weight is 460 g/mol. The Labute approximate surface area is 193 Å². The number of ether oxygens (including phenoxy) is 1. The van der Waals surface area contributed by atoms with Crippen LogP contribution in [-0.4, -0.2) is 34.9 Å². The third-order valence-electron chi connectivity index (χ3n) is 4.61. The van der Waals surface area contributed by atoms with Crippen LogP contribution in [0, 0.1) is 0 Å². The largest absolute Gasteiger partial charge is 0.547 e. The van der Waals surface area contributed by atoms with E-state index in [0.717, 1.165) is 51.7 Å². The molecule has 174 valence electrons. The first-order valence-electron chi connectivity index (χ1n) is 10.9. The normalized spacial score (nSPS) is 12.5. The monoisotopic (exact) mass is 459 g/mol. The molecular weight excluding hydrogens is 426 g/mol. The number of thiophene rings is 1. The molecule has 1 aromatic carbocycles. The number of nitrogens with one attached hydrogen (secondary N) is 1. The van der Waals surface area contributed by atoms with Crippen molar-refractivity contribution in [3.05, 3.63) is 71.4 Å². The first-order chi connectivity index (χ1) is 15.5. The van der Waals surface area contributed by atoms with Gasteiger partial charge in [0.1, 0.15) is 31.6 Å². The Hall–Kier alpha value is -2.68. The number of para-hydroxylation sites is 1. The molecule has 2 unspecified atom stereocenters. The van der Waals surface area contributed by atoms with Crippen molar-refractivity contribution < 1.29 is 24.3 Å². The molecule has 2 aromatic heterocycles. The van der Waals surface area contributed by atoms with Gasteiger partial charge in [0.15, 0.2) is 0 Å². The Bertz CT molecular complexity index is 882. The number of nitrogens with zero attached hydrogens (tertiary/aromatic N) is 2. The van der Waals surface area contributed by atoms with E-state index in [9.17, 15) is 9.90 Å². The van der Waals surface area contributed by atoms with Crippen molar-refractivity contribution >= 4 is 23.0 Å². The van der Waals surface area contributed by atoms with Gasteiger partial charge in [-0.25, -0.2) is 9.13 Å². The molecule has 2 heterocycles. The topological polar surface area (TPSA) is 90.4 Å². The van der Waals surface area contributed by atoms with Gasteiger partial charge in [-0.05, 0) is 36.9 Å². The molecule has 0 fully saturated rings. The first kappa shape index (κ1) is 25.6. The standard InChI is InChI=1S/C21H28N3OS.C3H6O3/c1-2-3-15-25-20(21-10-7-16-26-21)17-24-14-13-23(18-24)12-11-22-19-8-5-4-6-9-19;1-2(4)3(5)6/h4-10,13-14,16,18,20,22H,2-3,11-12,15,17H2,1H3;2,4H,1H3,(H,5,6)/q+1;/p-1. The number of aliphatic hydroxyl groups excluding tert-OH is 1. The summed E-state index contributed by atoms with van der Waals surface area (Å²) in [7, 11) is 0. The fourth-order valence-corrected chi connectivity index (χ4v) is 3.59. The van der Waals surface area contributed by atoms with Crippen LogP contribution < -0.4 is 15.0 Å². The minimum Gasteiger partial charge on any atom is -0.547 e. The lowest BCUT2D eigenvalue weighted by molar-refractivity contribution is -0.693. The summed E-state index contributed by atoms with van der Waals surface area (Å²) >= 11 is 1.77. The zero-order valence-electron chi connectivity index (χ0n) is 18.7. The van der Waals surface area contributed by atoms with Crippen molar-refractivity contribution in [1.82, 2.24) is 4.57 Å². The molecule has 0 spiro atoms. The molecular formula is C24H33N3O4S. The van der Waals surface area contributed by atoms with E-state index >= 15 is 0 Å². The molecule has 0 bridgehead atoms. The van der Waals surface area contributed by atoms with Crippen molar-refractivity contribution in [2.24, 2.45) is 0 Å². The number of carboxylic acid groups (broad SMARTS) is 1. The van der Waals surface area contributed by atoms with Crippen molar-refractivity contribution in [2.45, 2.75) is 52.0 Å². The number of anilines is 1. The van der Waals surface area contributed by atoms with E-state index in [1.807, 2.05) is 6.07 Å². The van der Waals surface area contributed by atoms with Crippen LogP contribution in [0.25, 0.3) is 0 Å². The molecule has 0 amide bonds. The summed E-state index contributed by atoms with van der Waals surface area (Å²) in [6.07, 6.45) is 7.48. The molecule has 3 rings (SSSR count). The number of imidazole rings is 1. The van der Waals surface area contributed by atoms with Gasteiger partial charge in [-0.15, -0.1) is 11.3 Å². The number of carbonyl (C=O) groups is 1. The van der Waals surface area contributed by atoms with Crippen molar-refractivity contribution in [3.63, 3.8) is 0 Å². The lowest BCUT2D eigenvalue weighted by Crippen LogP contribution is -2.35. The fourth-order valence-electron chi connectivity index (χ4n) is 2.83. The third-order valence-corrected chi connectivity index (χ3v) is 5.58. The summed E-state index contributed by atoms with van der Waals surface area (Å²) in [5.74, 6) is -1.44. The zero-order valence-corrected chi connectivity index (χ0v) is 19.5. The second-order valence-electron chi connectivity index (χ2n) is 7.36. The highest BCUT2D eigenvalue weighted by Crippen LogP contribution is 2.24. The third kappa shape index (κ3) is 9.64. The summed E-state index contributed by atoms with van der Waals surface area (Å²) in [6, 6.07) is 14.6. The second-order valence-corrected chi connectivity index (χ2v) is 8.34. The van der Waals surface area contributed by atoms with Crippen LogP contribution in [0.2, 0.25) is 0 Å². The van der Waals surface area contributed by atoms with Gasteiger partial charge in [0.05, 0.1) is 18.6 Å². The quantitative estimate of drug-likeness (QED) is 0.321. The number of rotatable bonds is 12. The van der Waals surface area contributed by atoms with E-state index in [0.29, 0.717) is 0 Å². The number of aliphatic carboxylic acids is 1. The molecule has 0 aliphatic rings. The Morgan fingerprint density at radius 1 is 1.28 bits per heavy atom. The number of hydrogen-bond donors (Lipinski definition) is 2. The van der Waals surface area contributed by atoms with Crippen molar-refractivity contribution in [3.8, 4) is 0 Å². The highest BCUT2D eigenvalue weighted by Gasteiger charge is 2.17. The molecule has 0 aliphatic carbocycles. The molecule has 0 saturated heterocycles. The van der Waals surface area contributed by atoms with Crippen LogP contribution in [0.15, 0.2) is 66.6 Å². The van der Waals surface area contributed by atoms with Gasteiger partial charge in [0.25, 0.3) is 0 Å². The second kappa shape index (κ2) is 14.4. The van der Waals surface area contributed by atoms with Crippen molar-refractivity contribution in [1.29, 1.82) is 0 Å². The van der Waals surface area contributed by atoms with E-state index < -0.39 is 12.1 Å². The highest BCUT2D eigenvalue weighted by atomic mass is 32.1. The maximum atomic E-state index is 9.34. The summed E-state index contributed by atoms with van der Waals surface area (Å²) in [4.78, 5) is 10.6. The molecule has 0 saturated carbocycles. The van der Waals surface area contributed by atoms with Crippen LogP contribution in [0.5, 0.6) is 0 Å². The molecule has 8 heteroatoms. The number of unbranched alkanes of at least 4 members (excludes halogenated alkanes) is 1. The van der Waals surface area contributed by atoms with Crippen LogP contribution >= 0.6 is 11.3 Å². The molecule has 2 N–H and O–H groups in total. The average Bonchev–Trinajstić information content (AvgIpc) is 3.47. The number of hydrogen-bond acceptors (Lipinski definition) is 6. The van der Waals surface area contributed by atoms with Crippen LogP contribution in [0.1, 0.15) is 37.7 Å². The summed E-state index contributed by atoms with van der Waals surface area (Å²) in [6.45, 7) is 6.84. The van der Waals surface area contributed by atoms with Crippen LogP contribution in [0.4, 0.5) is 5.69 Å². The van der Waals surface area contributed by atoms with Gasteiger partial charge in [-0.2, -0.15) is 0 Å². The Kier molecular flexibility index (Phi) is 11.5. The highest BCUT2D eigenvalue weighted by molar-refractivity contribution is 7.10. The Morgan fingerprint density at radius 3 is 2.66 bits per heavy atom. The number of aliphatic hydroxyl groups is 1. The molecule has 7 nitrogen and oxygen atoms in total. The van der Waals surface area contributed by atoms with Crippen LogP contribution in [0.3, 0.4) is 0 Å². The number of carboxylic acids is 1. The predicted octanol–water partition coefficient (Wildman–Crippen LogP) is 2.62. The van der Waals surface area contributed by atoms with Gasteiger partial charge >= 0.3 is 0 Å². The molecule has 3 aromatic rings. The van der Waals surface area contributed by atoms with Crippen LogP contribution in [-0.2, 0) is 22.6 Å². The maximum absolute atomic E-state index is 9.34. The van der Waals surface area contributed by atoms with E-state index in [4.69, 9.17) is 9.84 Å². The van der Waals surface area contributed by atoms with Gasteiger partial charge in [-0.1, -0.05) is 37.6 Å². The smallest absolute Gasteiger partial charge is 0.243 e. The minimum absolute atomic E-state index is 0.129. The van der Waals surface area contributed by atoms with E-state index in [-0.39, 0.29) is 6.10 Å². The summed E-state index contributed by atoms with van der Waals surface area (Å²) in [5.41, 5.74) is 1.16. The molecule has 32 heavy (non-hydrogen) atoms. The molecule has 0 radical (unpaired) electrons. The van der Waals surface area contributed by atoms with Gasteiger partial charge in [0.2, 0.25) is 6.33 Å². The Balaban J connectivity index is 0.000000534.